The Morgan fingerprint density at radius 3 is 2.86 bits per heavy atom. The molecule has 0 spiro atoms. The van der Waals surface area contributed by atoms with Gasteiger partial charge in [-0.05, 0) is 49.5 Å². The Morgan fingerprint density at radius 1 is 1.33 bits per heavy atom. The first-order chi connectivity index (χ1) is 10.2. The number of hydrogen-bond acceptors (Lipinski definition) is 3. The van der Waals surface area contributed by atoms with Gasteiger partial charge in [0, 0.05) is 17.9 Å². The van der Waals surface area contributed by atoms with Gasteiger partial charge in [0.1, 0.15) is 12.2 Å². The molecule has 0 radical (unpaired) electrons. The van der Waals surface area contributed by atoms with Crippen LogP contribution in [0.2, 0.25) is 0 Å². The second kappa shape index (κ2) is 8.29. The molecule has 0 aliphatic rings. The molecule has 0 fully saturated rings. The first-order valence-electron chi connectivity index (χ1n) is 7.47. The molecule has 1 unspecified atom stereocenters. The van der Waals surface area contributed by atoms with E-state index in [4.69, 9.17) is 0 Å². The lowest BCUT2D eigenvalue weighted by molar-refractivity contribution is 0.453. The van der Waals surface area contributed by atoms with E-state index in [-0.39, 0.29) is 0 Å². The molecule has 0 aliphatic heterocycles. The molecule has 0 aliphatic carbocycles. The quantitative estimate of drug-likeness (QED) is 0.744. The number of nitrogens with zero attached hydrogens (tertiary/aromatic N) is 3. The zero-order chi connectivity index (χ0) is 15.1. The molecule has 1 heterocycles. The number of benzene rings is 1. The zero-order valence-electron chi connectivity index (χ0n) is 12.7. The number of rotatable bonds is 8. The SMILES string of the molecule is CCCNCC(Cc1cccc(Br)c1)Cc1ncnn1C. The number of hydrogen-bond donors (Lipinski definition) is 1. The van der Waals surface area contributed by atoms with Gasteiger partial charge in [-0.15, -0.1) is 0 Å². The summed E-state index contributed by atoms with van der Waals surface area (Å²) in [5, 5.41) is 7.70. The van der Waals surface area contributed by atoms with Crippen LogP contribution in [0.3, 0.4) is 0 Å². The summed E-state index contributed by atoms with van der Waals surface area (Å²) < 4.78 is 3.01. The average Bonchev–Trinajstić information content (AvgIpc) is 2.84. The number of aromatic nitrogens is 3. The van der Waals surface area contributed by atoms with Gasteiger partial charge in [0.15, 0.2) is 0 Å². The molecule has 0 saturated heterocycles. The highest BCUT2D eigenvalue weighted by Crippen LogP contribution is 2.17. The lowest BCUT2D eigenvalue weighted by Crippen LogP contribution is -2.27. The average molecular weight is 351 g/mol. The van der Waals surface area contributed by atoms with Crippen LogP contribution < -0.4 is 5.32 Å². The summed E-state index contributed by atoms with van der Waals surface area (Å²) in [4.78, 5) is 4.36. The predicted octanol–water partition coefficient (Wildman–Crippen LogP) is 2.98. The van der Waals surface area contributed by atoms with Crippen molar-refractivity contribution in [2.24, 2.45) is 13.0 Å². The monoisotopic (exact) mass is 350 g/mol. The van der Waals surface area contributed by atoms with Crippen molar-refractivity contribution in [2.45, 2.75) is 26.2 Å². The van der Waals surface area contributed by atoms with E-state index in [2.05, 4.69) is 62.5 Å². The highest BCUT2D eigenvalue weighted by molar-refractivity contribution is 9.10. The van der Waals surface area contributed by atoms with E-state index in [0.717, 1.165) is 42.6 Å². The van der Waals surface area contributed by atoms with E-state index in [1.165, 1.54) is 5.56 Å². The lowest BCUT2D eigenvalue weighted by Gasteiger charge is -2.17. The first-order valence-corrected chi connectivity index (χ1v) is 8.26. The highest BCUT2D eigenvalue weighted by atomic mass is 79.9. The van der Waals surface area contributed by atoms with Crippen LogP contribution in [0.1, 0.15) is 24.7 Å². The molecule has 0 saturated carbocycles. The molecule has 114 valence electrons. The van der Waals surface area contributed by atoms with Crippen molar-refractivity contribution in [2.75, 3.05) is 13.1 Å². The minimum Gasteiger partial charge on any atom is -0.316 e. The third-order valence-electron chi connectivity index (χ3n) is 3.55. The fourth-order valence-corrected chi connectivity index (χ4v) is 2.91. The fourth-order valence-electron chi connectivity index (χ4n) is 2.46. The smallest absolute Gasteiger partial charge is 0.138 e. The van der Waals surface area contributed by atoms with Crippen LogP contribution in [-0.2, 0) is 19.9 Å². The molecule has 21 heavy (non-hydrogen) atoms. The Balaban J connectivity index is 2.02. The summed E-state index contributed by atoms with van der Waals surface area (Å²) in [5.74, 6) is 1.57. The Labute approximate surface area is 135 Å². The first kappa shape index (κ1) is 16.2. The Kier molecular flexibility index (Phi) is 6.39. The van der Waals surface area contributed by atoms with Gasteiger partial charge in [0.25, 0.3) is 0 Å². The summed E-state index contributed by atoms with van der Waals surface area (Å²) in [7, 11) is 1.96. The standard InChI is InChI=1S/C16H23BrN4/c1-3-7-18-11-14(10-16-19-12-20-21(16)2)8-13-5-4-6-15(17)9-13/h4-6,9,12,14,18H,3,7-8,10-11H2,1-2H3. The highest BCUT2D eigenvalue weighted by Gasteiger charge is 2.14. The summed E-state index contributed by atoms with van der Waals surface area (Å²) in [6, 6.07) is 8.55. The number of halogens is 1. The van der Waals surface area contributed by atoms with Gasteiger partial charge in [-0.1, -0.05) is 35.0 Å². The molecule has 4 nitrogen and oxygen atoms in total. The maximum atomic E-state index is 4.36. The normalized spacial score (nSPS) is 12.5. The predicted molar refractivity (Wildman–Crippen MR) is 89.2 cm³/mol. The van der Waals surface area contributed by atoms with Crippen molar-refractivity contribution in [1.29, 1.82) is 0 Å². The molecule has 0 amide bonds. The molecule has 1 aromatic carbocycles. The van der Waals surface area contributed by atoms with E-state index in [0.29, 0.717) is 5.92 Å². The summed E-state index contributed by atoms with van der Waals surface area (Å²) >= 11 is 3.55. The molecular formula is C16H23BrN4. The third kappa shape index (κ3) is 5.25. The lowest BCUT2D eigenvalue weighted by atomic mass is 9.95. The topological polar surface area (TPSA) is 42.7 Å². The van der Waals surface area contributed by atoms with E-state index in [9.17, 15) is 0 Å². The number of aryl methyl sites for hydroxylation is 1. The van der Waals surface area contributed by atoms with Gasteiger partial charge in [0.2, 0.25) is 0 Å². The van der Waals surface area contributed by atoms with Gasteiger partial charge in [-0.2, -0.15) is 5.10 Å². The van der Waals surface area contributed by atoms with Gasteiger partial charge in [-0.3, -0.25) is 4.68 Å². The molecule has 1 aromatic heterocycles. The summed E-state index contributed by atoms with van der Waals surface area (Å²) in [6.07, 6.45) is 4.78. The summed E-state index contributed by atoms with van der Waals surface area (Å²) in [6.45, 7) is 4.26. The molecule has 2 rings (SSSR count). The van der Waals surface area contributed by atoms with Gasteiger partial charge in [0.05, 0.1) is 0 Å². The van der Waals surface area contributed by atoms with Crippen molar-refractivity contribution in [1.82, 2.24) is 20.1 Å². The van der Waals surface area contributed by atoms with Crippen molar-refractivity contribution in [3.05, 3.63) is 46.5 Å². The summed E-state index contributed by atoms with van der Waals surface area (Å²) in [5.41, 5.74) is 1.36. The molecule has 2 aromatic rings. The second-order valence-electron chi connectivity index (χ2n) is 5.41. The van der Waals surface area contributed by atoms with Crippen LogP contribution in [0.25, 0.3) is 0 Å². The maximum absolute atomic E-state index is 4.36. The Hall–Kier alpha value is -1.20. The van der Waals surface area contributed by atoms with Gasteiger partial charge < -0.3 is 5.32 Å². The minimum atomic E-state index is 0.522. The van der Waals surface area contributed by atoms with Crippen molar-refractivity contribution < 1.29 is 0 Å². The van der Waals surface area contributed by atoms with Crippen LogP contribution in [0.4, 0.5) is 0 Å². The molecule has 1 atom stereocenters. The molecule has 5 heteroatoms. The van der Waals surface area contributed by atoms with Crippen LogP contribution in [-0.4, -0.2) is 27.9 Å². The van der Waals surface area contributed by atoms with Crippen molar-refractivity contribution in [3.63, 3.8) is 0 Å². The van der Waals surface area contributed by atoms with Crippen molar-refractivity contribution in [3.8, 4) is 0 Å². The molecular weight excluding hydrogens is 328 g/mol. The fraction of sp³-hybridized carbons (Fsp3) is 0.500. The van der Waals surface area contributed by atoms with E-state index < -0.39 is 0 Å². The third-order valence-corrected chi connectivity index (χ3v) is 4.04. The van der Waals surface area contributed by atoms with Gasteiger partial charge >= 0.3 is 0 Å². The van der Waals surface area contributed by atoms with Crippen LogP contribution in [0.5, 0.6) is 0 Å². The van der Waals surface area contributed by atoms with E-state index >= 15 is 0 Å². The van der Waals surface area contributed by atoms with E-state index in [1.807, 2.05) is 11.7 Å². The minimum absolute atomic E-state index is 0.522. The number of nitrogens with one attached hydrogen (secondary N) is 1. The Bertz CT molecular complexity index is 553. The van der Waals surface area contributed by atoms with E-state index in [1.54, 1.807) is 6.33 Å². The van der Waals surface area contributed by atoms with Crippen LogP contribution in [0.15, 0.2) is 35.1 Å². The maximum Gasteiger partial charge on any atom is 0.138 e. The van der Waals surface area contributed by atoms with Gasteiger partial charge in [-0.25, -0.2) is 4.98 Å². The Morgan fingerprint density at radius 2 is 2.19 bits per heavy atom. The van der Waals surface area contributed by atoms with Crippen molar-refractivity contribution >= 4 is 15.9 Å². The van der Waals surface area contributed by atoms with Crippen LogP contribution in [0, 0.1) is 5.92 Å². The molecule has 0 bridgehead atoms. The molecule has 1 N–H and O–H groups in total. The largest absolute Gasteiger partial charge is 0.316 e. The van der Waals surface area contributed by atoms with Crippen LogP contribution >= 0.6 is 15.9 Å². The second-order valence-corrected chi connectivity index (χ2v) is 6.32. The zero-order valence-corrected chi connectivity index (χ0v) is 14.3.